The van der Waals surface area contributed by atoms with Crippen LogP contribution in [0.5, 0.6) is 0 Å². The average Bonchev–Trinajstić information content (AvgIpc) is 3.18. The summed E-state index contributed by atoms with van der Waals surface area (Å²) >= 11 is 0. The van der Waals surface area contributed by atoms with Crippen molar-refractivity contribution in [1.29, 1.82) is 0 Å². The third-order valence-corrected chi connectivity index (χ3v) is 9.77. The van der Waals surface area contributed by atoms with Crippen LogP contribution in [0.4, 0.5) is 0 Å². The van der Waals surface area contributed by atoms with E-state index in [0.717, 1.165) is 51.4 Å². The van der Waals surface area contributed by atoms with Gasteiger partial charge in [-0.15, -0.1) is 0 Å². The van der Waals surface area contributed by atoms with Crippen LogP contribution in [-0.4, -0.2) is 37.0 Å². The number of carbonyl (C=O) groups is 1. The second kappa shape index (κ2) is 47.0. The Morgan fingerprint density at radius 1 is 0.463 bits per heavy atom. The molecule has 0 saturated heterocycles. The number of aliphatic hydroxyl groups is 1. The van der Waals surface area contributed by atoms with Gasteiger partial charge in [0.1, 0.15) is 6.10 Å². The molecule has 0 bridgehead atoms. The topological polar surface area (TPSA) is 55.8 Å². The lowest BCUT2D eigenvalue weighted by molar-refractivity contribution is -0.154. The number of ether oxygens (including phenoxy) is 2. The van der Waals surface area contributed by atoms with Gasteiger partial charge in [0.2, 0.25) is 0 Å². The van der Waals surface area contributed by atoms with Gasteiger partial charge in [-0.25, -0.2) is 0 Å². The van der Waals surface area contributed by atoms with Crippen molar-refractivity contribution in [2.75, 3.05) is 19.8 Å². The highest BCUT2D eigenvalue weighted by molar-refractivity contribution is 5.69. The molecule has 4 heteroatoms. The molecular formula is C50H88O4. The van der Waals surface area contributed by atoms with E-state index >= 15 is 0 Å². The Hall–Kier alpha value is -2.17. The van der Waals surface area contributed by atoms with Crippen LogP contribution in [-0.2, 0) is 14.3 Å². The van der Waals surface area contributed by atoms with Crippen molar-refractivity contribution >= 4 is 5.97 Å². The van der Waals surface area contributed by atoms with Gasteiger partial charge in [-0.05, 0) is 83.5 Å². The standard InChI is InChI=1S/C50H88O4/c1-3-5-7-9-11-13-15-17-19-21-23-24-25-26-27-28-30-32-34-36-38-40-42-44-46-53-48-49(47-51)54-50(52)45-43-41-39-37-35-33-31-29-22-20-18-16-14-12-10-8-6-4-2/h5,7,11,13-14,16-17,19-20,22-24,49,51H,3-4,6,8-10,12,15,18,21,25-48H2,1-2H3/b7-5-,13-11-,16-14-,19-17-,22-20-,24-23-. The molecule has 0 aromatic carbocycles. The van der Waals surface area contributed by atoms with Gasteiger partial charge in [-0.3, -0.25) is 4.79 Å². The zero-order valence-electron chi connectivity index (χ0n) is 35.7. The van der Waals surface area contributed by atoms with Crippen LogP contribution < -0.4 is 0 Å². The van der Waals surface area contributed by atoms with Crippen molar-refractivity contribution < 1.29 is 19.4 Å². The fourth-order valence-electron chi connectivity index (χ4n) is 6.35. The maximum atomic E-state index is 12.2. The maximum absolute atomic E-state index is 12.2. The first-order chi connectivity index (χ1) is 26.7. The van der Waals surface area contributed by atoms with Crippen LogP contribution in [0.2, 0.25) is 0 Å². The molecule has 312 valence electrons. The van der Waals surface area contributed by atoms with Crippen LogP contribution in [0.1, 0.15) is 213 Å². The van der Waals surface area contributed by atoms with E-state index in [-0.39, 0.29) is 19.2 Å². The first-order valence-electron chi connectivity index (χ1n) is 23.0. The molecule has 0 fully saturated rings. The third-order valence-electron chi connectivity index (χ3n) is 9.77. The van der Waals surface area contributed by atoms with Crippen molar-refractivity contribution in [2.24, 2.45) is 0 Å². The van der Waals surface area contributed by atoms with Crippen LogP contribution in [0.15, 0.2) is 72.9 Å². The number of hydrogen-bond donors (Lipinski definition) is 1. The SMILES string of the molecule is CC/C=C\C/C=C\C/C=C\C/C=C\CCCCCCCCCCCCCOCC(CO)OC(=O)CCCCCCCCC/C=C\C/C=C\CCCCCC. The Balaban J connectivity index is 3.45. The van der Waals surface area contributed by atoms with E-state index in [2.05, 4.69) is 86.8 Å². The minimum absolute atomic E-state index is 0.179. The summed E-state index contributed by atoms with van der Waals surface area (Å²) < 4.78 is 11.2. The summed E-state index contributed by atoms with van der Waals surface area (Å²) in [7, 11) is 0. The summed E-state index contributed by atoms with van der Waals surface area (Å²) in [5.74, 6) is -0.211. The summed E-state index contributed by atoms with van der Waals surface area (Å²) in [6, 6.07) is 0. The van der Waals surface area contributed by atoms with E-state index in [1.54, 1.807) is 0 Å². The Labute approximate surface area is 336 Å². The van der Waals surface area contributed by atoms with E-state index < -0.39 is 6.10 Å². The van der Waals surface area contributed by atoms with Gasteiger partial charge in [-0.1, -0.05) is 196 Å². The molecule has 1 atom stereocenters. The molecule has 0 aliphatic heterocycles. The molecule has 0 aliphatic carbocycles. The molecule has 4 nitrogen and oxygen atoms in total. The summed E-state index contributed by atoms with van der Waals surface area (Å²) in [4.78, 5) is 12.2. The smallest absolute Gasteiger partial charge is 0.306 e. The lowest BCUT2D eigenvalue weighted by Gasteiger charge is -2.16. The zero-order chi connectivity index (χ0) is 39.1. The van der Waals surface area contributed by atoms with E-state index in [9.17, 15) is 9.90 Å². The molecule has 0 aliphatic rings. The predicted molar refractivity (Wildman–Crippen MR) is 237 cm³/mol. The van der Waals surface area contributed by atoms with Gasteiger partial charge in [0, 0.05) is 13.0 Å². The molecule has 0 rings (SSSR count). The fraction of sp³-hybridized carbons (Fsp3) is 0.740. The number of hydrogen-bond acceptors (Lipinski definition) is 4. The lowest BCUT2D eigenvalue weighted by Crippen LogP contribution is -2.27. The van der Waals surface area contributed by atoms with E-state index in [1.807, 2.05) is 0 Å². The molecular weight excluding hydrogens is 665 g/mol. The van der Waals surface area contributed by atoms with Crippen molar-refractivity contribution in [3.8, 4) is 0 Å². The minimum atomic E-state index is -0.544. The number of rotatable bonds is 42. The Morgan fingerprint density at radius 2 is 0.833 bits per heavy atom. The van der Waals surface area contributed by atoms with Gasteiger partial charge in [0.25, 0.3) is 0 Å². The molecule has 0 aromatic heterocycles. The van der Waals surface area contributed by atoms with Crippen LogP contribution in [0.25, 0.3) is 0 Å². The molecule has 1 N–H and O–H groups in total. The Bertz CT molecular complexity index is 927. The van der Waals surface area contributed by atoms with Crippen molar-refractivity contribution in [3.63, 3.8) is 0 Å². The van der Waals surface area contributed by atoms with E-state index in [0.29, 0.717) is 13.0 Å². The molecule has 54 heavy (non-hydrogen) atoms. The number of carbonyl (C=O) groups excluding carboxylic acids is 1. The van der Waals surface area contributed by atoms with Gasteiger partial charge >= 0.3 is 5.97 Å². The molecule has 0 heterocycles. The molecule has 0 radical (unpaired) electrons. The number of esters is 1. The normalized spacial score (nSPS) is 13.0. The largest absolute Gasteiger partial charge is 0.457 e. The summed E-state index contributed by atoms with van der Waals surface area (Å²) in [6.07, 6.45) is 64.0. The molecule has 0 aromatic rings. The fourth-order valence-corrected chi connectivity index (χ4v) is 6.35. The van der Waals surface area contributed by atoms with Gasteiger partial charge in [-0.2, -0.15) is 0 Å². The van der Waals surface area contributed by atoms with E-state index in [4.69, 9.17) is 9.47 Å². The van der Waals surface area contributed by atoms with Crippen LogP contribution in [0, 0.1) is 0 Å². The zero-order valence-corrected chi connectivity index (χ0v) is 35.7. The lowest BCUT2D eigenvalue weighted by atomic mass is 10.1. The highest BCUT2D eigenvalue weighted by Gasteiger charge is 2.13. The Kier molecular flexibility index (Phi) is 45.1. The quantitative estimate of drug-likeness (QED) is 0.0383. The number of allylic oxidation sites excluding steroid dienone is 12. The summed E-state index contributed by atoms with van der Waals surface area (Å²) in [5, 5.41) is 9.62. The minimum Gasteiger partial charge on any atom is -0.457 e. The second-order valence-electron chi connectivity index (χ2n) is 15.1. The second-order valence-corrected chi connectivity index (χ2v) is 15.1. The molecule has 0 spiro atoms. The van der Waals surface area contributed by atoms with Gasteiger partial charge in [0.15, 0.2) is 0 Å². The molecule has 0 saturated carbocycles. The third kappa shape index (κ3) is 44.2. The Morgan fingerprint density at radius 3 is 1.26 bits per heavy atom. The van der Waals surface area contributed by atoms with Crippen molar-refractivity contribution in [3.05, 3.63) is 72.9 Å². The molecule has 0 amide bonds. The van der Waals surface area contributed by atoms with Crippen molar-refractivity contribution in [1.82, 2.24) is 0 Å². The van der Waals surface area contributed by atoms with E-state index in [1.165, 1.54) is 141 Å². The predicted octanol–water partition coefficient (Wildman–Crippen LogP) is 15.4. The van der Waals surface area contributed by atoms with Gasteiger partial charge < -0.3 is 14.6 Å². The summed E-state index contributed by atoms with van der Waals surface area (Å²) in [6.45, 7) is 5.21. The van der Waals surface area contributed by atoms with Gasteiger partial charge in [0.05, 0.1) is 13.2 Å². The monoisotopic (exact) mass is 753 g/mol. The van der Waals surface area contributed by atoms with Crippen LogP contribution >= 0.6 is 0 Å². The molecule has 1 unspecified atom stereocenters. The number of unbranched alkanes of at least 4 members (excludes halogenated alkanes) is 22. The first-order valence-corrected chi connectivity index (χ1v) is 23.0. The van der Waals surface area contributed by atoms with Crippen LogP contribution in [0.3, 0.4) is 0 Å². The first kappa shape index (κ1) is 51.8. The summed E-state index contributed by atoms with van der Waals surface area (Å²) in [5.41, 5.74) is 0. The number of aliphatic hydroxyl groups excluding tert-OH is 1. The maximum Gasteiger partial charge on any atom is 0.306 e. The highest BCUT2D eigenvalue weighted by Crippen LogP contribution is 2.14. The van der Waals surface area contributed by atoms with Crippen molar-refractivity contribution in [2.45, 2.75) is 219 Å². The highest BCUT2D eigenvalue weighted by atomic mass is 16.6. The average molecular weight is 753 g/mol.